The highest BCUT2D eigenvalue weighted by atomic mass is 32.1. The smallest absolute Gasteiger partial charge is 0.324 e. The van der Waals surface area contributed by atoms with Gasteiger partial charge in [0.2, 0.25) is 0 Å². The summed E-state index contributed by atoms with van der Waals surface area (Å²) in [6, 6.07) is 2.81. The first-order valence-corrected chi connectivity index (χ1v) is 7.26. The van der Waals surface area contributed by atoms with Crippen LogP contribution in [-0.4, -0.2) is 64.4 Å². The molecule has 1 fully saturated rings. The number of carboxylic acids is 1. The topological polar surface area (TPSA) is 104 Å². The van der Waals surface area contributed by atoms with Crippen molar-refractivity contribution in [2.75, 3.05) is 32.7 Å². The second-order valence-electron chi connectivity index (χ2n) is 4.67. The van der Waals surface area contributed by atoms with Crippen LogP contribution in [0.4, 0.5) is 5.00 Å². The quantitative estimate of drug-likeness (QED) is 0.639. The normalized spacial score (nSPS) is 15.9. The number of thiophene rings is 1. The van der Waals surface area contributed by atoms with Crippen LogP contribution in [0.1, 0.15) is 16.1 Å². The molecule has 1 saturated heterocycles. The van der Waals surface area contributed by atoms with Gasteiger partial charge in [-0.05, 0) is 6.07 Å². The van der Waals surface area contributed by atoms with Crippen LogP contribution in [0.25, 0.3) is 0 Å². The lowest BCUT2D eigenvalue weighted by Crippen LogP contribution is -2.48. The SMILES string of the molecule is O=C(O)CCN1CCN(C(=O)c2ccc([N+](=O)[O-])s2)CC1. The molecule has 0 aromatic carbocycles. The zero-order valence-electron chi connectivity index (χ0n) is 11.2. The van der Waals surface area contributed by atoms with Crippen LogP contribution < -0.4 is 0 Å². The number of carbonyl (C=O) groups is 2. The maximum absolute atomic E-state index is 12.2. The molecule has 2 heterocycles. The van der Waals surface area contributed by atoms with E-state index in [-0.39, 0.29) is 17.3 Å². The Labute approximate surface area is 124 Å². The van der Waals surface area contributed by atoms with Gasteiger partial charge in [-0.25, -0.2) is 0 Å². The Bertz CT molecular complexity index is 551. The van der Waals surface area contributed by atoms with Crippen LogP contribution in [0.5, 0.6) is 0 Å². The van der Waals surface area contributed by atoms with Gasteiger partial charge in [0.05, 0.1) is 16.2 Å². The zero-order chi connectivity index (χ0) is 15.4. The third-order valence-electron chi connectivity index (χ3n) is 3.28. The Balaban J connectivity index is 1.87. The number of hydrogen-bond donors (Lipinski definition) is 1. The number of hydrogen-bond acceptors (Lipinski definition) is 6. The van der Waals surface area contributed by atoms with E-state index in [1.807, 2.05) is 4.90 Å². The average Bonchev–Trinajstić information content (AvgIpc) is 2.95. The number of carbonyl (C=O) groups excluding carboxylic acids is 1. The number of carboxylic acid groups (broad SMARTS) is 1. The third-order valence-corrected chi connectivity index (χ3v) is 4.31. The molecule has 0 radical (unpaired) electrons. The molecular formula is C12H15N3O5S. The van der Waals surface area contributed by atoms with Crippen molar-refractivity contribution in [2.24, 2.45) is 0 Å². The molecule has 0 aliphatic carbocycles. The van der Waals surface area contributed by atoms with Crippen LogP contribution in [0.3, 0.4) is 0 Å². The minimum Gasteiger partial charge on any atom is -0.481 e. The van der Waals surface area contributed by atoms with Gasteiger partial charge < -0.3 is 10.0 Å². The molecule has 0 spiro atoms. The molecule has 0 atom stereocenters. The lowest BCUT2D eigenvalue weighted by Gasteiger charge is -2.34. The molecule has 2 rings (SSSR count). The second kappa shape index (κ2) is 6.64. The molecule has 21 heavy (non-hydrogen) atoms. The van der Waals surface area contributed by atoms with Gasteiger partial charge in [-0.3, -0.25) is 24.6 Å². The van der Waals surface area contributed by atoms with Crippen molar-refractivity contribution < 1.29 is 19.6 Å². The fourth-order valence-electron chi connectivity index (χ4n) is 2.12. The lowest BCUT2D eigenvalue weighted by atomic mass is 10.2. The summed E-state index contributed by atoms with van der Waals surface area (Å²) < 4.78 is 0. The largest absolute Gasteiger partial charge is 0.481 e. The van der Waals surface area contributed by atoms with Crippen LogP contribution in [0, 0.1) is 10.1 Å². The van der Waals surface area contributed by atoms with Crippen molar-refractivity contribution in [3.8, 4) is 0 Å². The molecule has 0 bridgehead atoms. The number of nitrogens with zero attached hydrogens (tertiary/aromatic N) is 3. The Kier molecular flexibility index (Phi) is 4.86. The van der Waals surface area contributed by atoms with E-state index in [1.165, 1.54) is 12.1 Å². The highest BCUT2D eigenvalue weighted by Gasteiger charge is 2.24. The monoisotopic (exact) mass is 313 g/mol. The molecule has 1 aromatic heterocycles. The molecule has 9 heteroatoms. The van der Waals surface area contributed by atoms with Crippen LogP contribution in [0.2, 0.25) is 0 Å². The number of nitro groups is 1. The highest BCUT2D eigenvalue weighted by molar-refractivity contribution is 7.17. The average molecular weight is 313 g/mol. The number of rotatable bonds is 5. The van der Waals surface area contributed by atoms with Gasteiger partial charge in [-0.15, -0.1) is 0 Å². The maximum atomic E-state index is 12.2. The van der Waals surface area contributed by atoms with Crippen molar-refractivity contribution in [2.45, 2.75) is 6.42 Å². The fourth-order valence-corrected chi connectivity index (χ4v) is 2.91. The predicted molar refractivity (Wildman–Crippen MR) is 75.6 cm³/mol. The molecule has 1 aliphatic heterocycles. The van der Waals surface area contributed by atoms with Crippen molar-refractivity contribution in [1.82, 2.24) is 9.80 Å². The highest BCUT2D eigenvalue weighted by Crippen LogP contribution is 2.25. The molecular weight excluding hydrogens is 298 g/mol. The van der Waals surface area contributed by atoms with E-state index in [1.54, 1.807) is 4.90 Å². The Hall–Kier alpha value is -2.00. The third kappa shape index (κ3) is 3.99. The Morgan fingerprint density at radius 3 is 2.48 bits per heavy atom. The summed E-state index contributed by atoms with van der Waals surface area (Å²) in [5.41, 5.74) is 0. The first kappa shape index (κ1) is 15.4. The van der Waals surface area contributed by atoms with Gasteiger partial charge in [0.1, 0.15) is 0 Å². The van der Waals surface area contributed by atoms with Gasteiger partial charge in [-0.1, -0.05) is 11.3 Å². The molecule has 1 aliphatic rings. The van der Waals surface area contributed by atoms with Crippen molar-refractivity contribution >= 4 is 28.2 Å². The van der Waals surface area contributed by atoms with E-state index in [9.17, 15) is 19.7 Å². The van der Waals surface area contributed by atoms with Crippen LogP contribution >= 0.6 is 11.3 Å². The van der Waals surface area contributed by atoms with Gasteiger partial charge >= 0.3 is 11.0 Å². The number of amides is 1. The summed E-state index contributed by atoms with van der Waals surface area (Å²) in [7, 11) is 0. The Morgan fingerprint density at radius 1 is 1.29 bits per heavy atom. The van der Waals surface area contributed by atoms with Gasteiger partial charge in [-0.2, -0.15) is 0 Å². The van der Waals surface area contributed by atoms with E-state index in [4.69, 9.17) is 5.11 Å². The number of piperazine rings is 1. The first-order valence-electron chi connectivity index (χ1n) is 6.45. The van der Waals surface area contributed by atoms with Gasteiger partial charge in [0.25, 0.3) is 5.91 Å². The lowest BCUT2D eigenvalue weighted by molar-refractivity contribution is -0.380. The minimum absolute atomic E-state index is 0.0431. The number of aliphatic carboxylic acids is 1. The Morgan fingerprint density at radius 2 is 1.95 bits per heavy atom. The van der Waals surface area contributed by atoms with Crippen LogP contribution in [-0.2, 0) is 4.79 Å². The second-order valence-corrected chi connectivity index (χ2v) is 5.73. The zero-order valence-corrected chi connectivity index (χ0v) is 12.0. The fraction of sp³-hybridized carbons (Fsp3) is 0.500. The van der Waals surface area contributed by atoms with Gasteiger partial charge in [0, 0.05) is 38.8 Å². The van der Waals surface area contributed by atoms with Crippen molar-refractivity contribution in [3.05, 3.63) is 27.1 Å². The minimum atomic E-state index is -0.834. The summed E-state index contributed by atoms with van der Waals surface area (Å²) in [4.78, 5) is 36.8. The molecule has 0 unspecified atom stereocenters. The van der Waals surface area contributed by atoms with E-state index >= 15 is 0 Å². The van der Waals surface area contributed by atoms with Gasteiger partial charge in [0.15, 0.2) is 0 Å². The summed E-state index contributed by atoms with van der Waals surface area (Å²) >= 11 is 0.876. The summed E-state index contributed by atoms with van der Waals surface area (Å²) in [6.45, 7) is 2.72. The molecule has 1 N–H and O–H groups in total. The molecule has 114 valence electrons. The summed E-state index contributed by atoms with van der Waals surface area (Å²) in [6.07, 6.45) is 0.0884. The molecule has 1 aromatic rings. The first-order chi connectivity index (χ1) is 9.97. The van der Waals surface area contributed by atoms with E-state index in [0.717, 1.165) is 11.3 Å². The van der Waals surface area contributed by atoms with E-state index < -0.39 is 10.9 Å². The van der Waals surface area contributed by atoms with Crippen molar-refractivity contribution in [1.29, 1.82) is 0 Å². The molecule has 1 amide bonds. The van der Waals surface area contributed by atoms with Crippen LogP contribution in [0.15, 0.2) is 12.1 Å². The van der Waals surface area contributed by atoms with E-state index in [2.05, 4.69) is 0 Å². The summed E-state index contributed by atoms with van der Waals surface area (Å²) in [5, 5.41) is 19.2. The maximum Gasteiger partial charge on any atom is 0.324 e. The predicted octanol–water partition coefficient (Wildman–Crippen LogP) is 0.889. The summed E-state index contributed by atoms with van der Waals surface area (Å²) in [5.74, 6) is -1.04. The molecule has 8 nitrogen and oxygen atoms in total. The van der Waals surface area contributed by atoms with E-state index in [0.29, 0.717) is 37.6 Å². The van der Waals surface area contributed by atoms with Crippen molar-refractivity contribution in [3.63, 3.8) is 0 Å². The molecule has 0 saturated carbocycles. The standard InChI is InChI=1S/C12H15N3O5S/c16-11(17)3-4-13-5-7-14(8-6-13)12(18)9-1-2-10(21-9)15(19)20/h1-2H,3-8H2,(H,16,17).